The molecule has 96 heavy (non-hydrogen) atoms. The van der Waals surface area contributed by atoms with Gasteiger partial charge in [0.1, 0.15) is 73.2 Å². The van der Waals surface area contributed by atoms with Gasteiger partial charge in [-0.05, 0) is 61.8 Å². The van der Waals surface area contributed by atoms with Crippen LogP contribution in [0.2, 0.25) is 0 Å². The van der Waals surface area contributed by atoms with Crippen LogP contribution in [-0.2, 0) is 119 Å². The first-order valence-electron chi connectivity index (χ1n) is 33.0. The number of aliphatic hydroxyl groups excluding tert-OH is 2. The lowest BCUT2D eigenvalue weighted by atomic mass is 9.95. The molecule has 3 aliphatic rings. The van der Waals surface area contributed by atoms with E-state index in [4.69, 9.17) is 66.3 Å². The average Bonchev–Trinajstić information content (AvgIpc) is 0.786. The fraction of sp³-hybridized carbons (Fsp3) is 0.367. The second kappa shape index (κ2) is 37.9. The maximum atomic E-state index is 13.1. The summed E-state index contributed by atoms with van der Waals surface area (Å²) in [4.78, 5) is 0. The van der Waals surface area contributed by atoms with Gasteiger partial charge in [-0.2, -0.15) is 0 Å². The van der Waals surface area contributed by atoms with Crippen LogP contribution in [0.3, 0.4) is 0 Å². The van der Waals surface area contributed by atoms with Crippen molar-refractivity contribution in [3.63, 3.8) is 0 Å². The Morgan fingerprint density at radius 2 is 0.594 bits per heavy atom. The van der Waals surface area contributed by atoms with E-state index < -0.39 is 92.1 Å². The minimum Gasteiger partial charge on any atom is -0.385 e. The number of hydrogen-bond acceptors (Lipinski definition) is 16. The van der Waals surface area contributed by atoms with Crippen molar-refractivity contribution in [1.29, 1.82) is 0 Å². The van der Waals surface area contributed by atoms with Crippen molar-refractivity contribution in [2.75, 3.05) is 26.4 Å². The molecule has 0 spiro atoms. The fourth-order valence-corrected chi connectivity index (χ4v) is 12.2. The molecule has 0 radical (unpaired) electrons. The van der Waals surface area contributed by atoms with Crippen LogP contribution >= 0.6 is 15.9 Å². The molecule has 16 nitrogen and oxygen atoms in total. The van der Waals surface area contributed by atoms with Gasteiger partial charge >= 0.3 is 0 Å². The third-order valence-corrected chi connectivity index (χ3v) is 17.3. The Balaban J connectivity index is 0.952. The molecular formula is C79H87BrO16. The van der Waals surface area contributed by atoms with Gasteiger partial charge in [-0.15, -0.1) is 0 Å². The van der Waals surface area contributed by atoms with E-state index >= 15 is 0 Å². The SMILES string of the molecule is C=C(Br)CCCO[C@H]1O[C@H](CO[C@H]2O[C@H](COCc3ccccc3)[C@@H](OCc3ccccc3)[C@H](OCc3ccccc3)[C@@H]2O)[C@@H](OCc2ccccc2)[C@H](O[C@H]2O[C@H](COCc3ccccc3)[C@@H](OCc3ccccc3)[C@H](OCc3ccccc3)[C@@H]2O)[C@@H]1OCc1ccccc1. The molecule has 3 aliphatic heterocycles. The highest BCUT2D eigenvalue weighted by atomic mass is 79.9. The van der Waals surface area contributed by atoms with Crippen LogP contribution in [-0.4, -0.2) is 129 Å². The maximum Gasteiger partial charge on any atom is 0.187 e. The first-order valence-corrected chi connectivity index (χ1v) is 33.8. The lowest BCUT2D eigenvalue weighted by Gasteiger charge is -2.50. The van der Waals surface area contributed by atoms with Crippen molar-refractivity contribution in [3.05, 3.63) is 298 Å². The summed E-state index contributed by atoms with van der Waals surface area (Å²) in [6.07, 6.45) is -15.4. The Hall–Kier alpha value is -6.66. The molecule has 3 heterocycles. The van der Waals surface area contributed by atoms with E-state index in [0.717, 1.165) is 49.0 Å². The highest BCUT2D eigenvalue weighted by Crippen LogP contribution is 2.38. The molecule has 11 rings (SSSR count). The molecule has 2 N–H and O–H groups in total. The van der Waals surface area contributed by atoms with Crippen LogP contribution in [0.4, 0.5) is 0 Å². The summed E-state index contributed by atoms with van der Waals surface area (Å²) in [6.45, 7) is 5.52. The van der Waals surface area contributed by atoms with Crippen LogP contribution < -0.4 is 0 Å². The van der Waals surface area contributed by atoms with E-state index in [-0.39, 0.29) is 79.3 Å². The summed E-state index contributed by atoms with van der Waals surface area (Å²) in [6, 6.07) is 78.4. The Bertz CT molecular complexity index is 3430. The van der Waals surface area contributed by atoms with E-state index in [2.05, 4.69) is 22.5 Å². The second-order valence-electron chi connectivity index (χ2n) is 24.1. The van der Waals surface area contributed by atoms with Gasteiger partial charge in [0.05, 0.1) is 79.3 Å². The average molecular weight is 1370 g/mol. The van der Waals surface area contributed by atoms with Crippen LogP contribution in [0, 0.1) is 0 Å². The Morgan fingerprint density at radius 1 is 0.312 bits per heavy atom. The van der Waals surface area contributed by atoms with Gasteiger partial charge in [0.25, 0.3) is 0 Å². The van der Waals surface area contributed by atoms with Crippen molar-refractivity contribution in [2.45, 2.75) is 158 Å². The lowest BCUT2D eigenvalue weighted by molar-refractivity contribution is -0.379. The van der Waals surface area contributed by atoms with E-state index in [1.807, 2.05) is 243 Å². The topological polar surface area (TPSA) is 170 Å². The van der Waals surface area contributed by atoms with E-state index in [1.165, 1.54) is 0 Å². The number of halogens is 1. The van der Waals surface area contributed by atoms with Crippen molar-refractivity contribution in [1.82, 2.24) is 0 Å². The summed E-state index contributed by atoms with van der Waals surface area (Å²) in [5.41, 5.74) is 7.27. The number of benzene rings is 8. The van der Waals surface area contributed by atoms with Gasteiger partial charge in [-0.1, -0.05) is 265 Å². The summed E-state index contributed by atoms with van der Waals surface area (Å²) in [7, 11) is 0. The Labute approximate surface area is 571 Å². The van der Waals surface area contributed by atoms with Crippen molar-refractivity contribution >= 4 is 15.9 Å². The fourth-order valence-electron chi connectivity index (χ4n) is 11.9. The molecule has 15 atom stereocenters. The highest BCUT2D eigenvalue weighted by Gasteiger charge is 2.55. The summed E-state index contributed by atoms with van der Waals surface area (Å²) in [5.74, 6) is 0. The number of ether oxygens (including phenoxy) is 14. The van der Waals surface area contributed by atoms with Crippen molar-refractivity contribution < 1.29 is 76.5 Å². The van der Waals surface area contributed by atoms with Crippen LogP contribution in [0.1, 0.15) is 57.3 Å². The van der Waals surface area contributed by atoms with Gasteiger partial charge in [0, 0.05) is 0 Å². The lowest BCUT2D eigenvalue weighted by Crippen LogP contribution is -2.66. The molecule has 0 amide bonds. The molecule has 3 saturated heterocycles. The zero-order valence-corrected chi connectivity index (χ0v) is 55.4. The number of hydrogen-bond donors (Lipinski definition) is 2. The molecule has 3 fully saturated rings. The number of allylic oxidation sites excluding steroid dienone is 1. The molecule has 0 aromatic heterocycles. The predicted octanol–water partition coefficient (Wildman–Crippen LogP) is 12.9. The third kappa shape index (κ3) is 21.2. The maximum absolute atomic E-state index is 13.1. The second-order valence-corrected chi connectivity index (χ2v) is 25.2. The van der Waals surface area contributed by atoms with Gasteiger partial charge in [0.2, 0.25) is 0 Å². The zero-order valence-electron chi connectivity index (χ0n) is 53.8. The third-order valence-electron chi connectivity index (χ3n) is 16.9. The van der Waals surface area contributed by atoms with Gasteiger partial charge < -0.3 is 76.5 Å². The Morgan fingerprint density at radius 3 is 0.948 bits per heavy atom. The summed E-state index contributed by atoms with van der Waals surface area (Å²) < 4.78 is 97.5. The van der Waals surface area contributed by atoms with E-state index in [9.17, 15) is 10.2 Å². The van der Waals surface area contributed by atoms with E-state index in [1.54, 1.807) is 0 Å². The van der Waals surface area contributed by atoms with Crippen LogP contribution in [0.25, 0.3) is 0 Å². The predicted molar refractivity (Wildman–Crippen MR) is 364 cm³/mol. The first-order chi connectivity index (χ1) is 47.3. The quantitative estimate of drug-likeness (QED) is 0.0355. The largest absolute Gasteiger partial charge is 0.385 e. The molecular weight excluding hydrogens is 1280 g/mol. The van der Waals surface area contributed by atoms with E-state index in [0.29, 0.717) is 12.8 Å². The Kier molecular flexibility index (Phi) is 27.9. The molecule has 0 saturated carbocycles. The molecule has 506 valence electrons. The van der Waals surface area contributed by atoms with Crippen LogP contribution in [0.5, 0.6) is 0 Å². The van der Waals surface area contributed by atoms with Crippen molar-refractivity contribution in [3.8, 4) is 0 Å². The van der Waals surface area contributed by atoms with Gasteiger partial charge in [-0.25, -0.2) is 0 Å². The molecule has 0 unspecified atom stereocenters. The summed E-state index contributed by atoms with van der Waals surface area (Å²) >= 11 is 3.53. The molecule has 8 aromatic rings. The van der Waals surface area contributed by atoms with Gasteiger partial charge in [0.15, 0.2) is 18.9 Å². The van der Waals surface area contributed by atoms with Crippen LogP contribution in [0.15, 0.2) is 254 Å². The number of aliphatic hydroxyl groups is 2. The minimum absolute atomic E-state index is 0.0268. The monoisotopic (exact) mass is 1370 g/mol. The first kappa shape index (κ1) is 70.7. The highest BCUT2D eigenvalue weighted by molar-refractivity contribution is 9.11. The molecule has 8 aromatic carbocycles. The number of rotatable bonds is 36. The summed E-state index contributed by atoms with van der Waals surface area (Å²) in [5, 5.41) is 25.9. The minimum atomic E-state index is -1.48. The zero-order chi connectivity index (χ0) is 65.9. The van der Waals surface area contributed by atoms with Gasteiger partial charge in [-0.3, -0.25) is 0 Å². The molecule has 0 aliphatic carbocycles. The molecule has 0 bridgehead atoms. The molecule has 17 heteroatoms. The smallest absolute Gasteiger partial charge is 0.187 e. The normalized spacial score (nSPS) is 25.9. The van der Waals surface area contributed by atoms with Crippen molar-refractivity contribution in [2.24, 2.45) is 0 Å². The standard InChI is InChI=1S/C79H87BrO16/c1-56(80)27-26-44-85-79-76(91-52-64-42-24-9-25-43-64)75(96-78-69(82)74(90-51-63-40-22-8-23-41-63)71(87-48-60-34-16-5-17-35-60)66(94-78)54-84-46-58-30-12-3-13-31-58)72(88-49-61-36-18-6-19-37-61)67(95-79)55-92-77-68(81)73(89-50-62-38-20-7-21-39-62)70(86-47-59-32-14-4-15-33-59)65(93-77)53-83-45-57-28-10-2-11-29-57/h2-25,28-43,65-79,81-82H,1,26-27,44-55H2/t65-,66-,67-,68+,69+,70-,71-,72-,73-,74-,75+,76+,77+,78-,79+/m1/s1.